The van der Waals surface area contributed by atoms with Crippen LogP contribution in [0.1, 0.15) is 106 Å². The molecule has 1 aromatic heterocycles. The van der Waals surface area contributed by atoms with Gasteiger partial charge in [0.1, 0.15) is 78.0 Å². The number of carbonyl (C=O) groups excluding carboxylic acids is 15. The number of likely N-dealkylation sites (N-methyl/N-ethyl adjacent to an activating group) is 4. The molecule has 1 saturated heterocycles. The lowest BCUT2D eigenvalue weighted by Crippen LogP contribution is -2.61. The second kappa shape index (κ2) is 48.9. The van der Waals surface area contributed by atoms with E-state index in [2.05, 4.69) is 58.2 Å². The zero-order chi connectivity index (χ0) is 94.3. The first kappa shape index (κ1) is 101. The average molecular weight is 1800 g/mol. The van der Waals surface area contributed by atoms with Gasteiger partial charge in [-0.1, -0.05) is 175 Å². The van der Waals surface area contributed by atoms with E-state index in [-0.39, 0.29) is 74.5 Å². The van der Waals surface area contributed by atoms with Gasteiger partial charge in [0.2, 0.25) is 88.6 Å². The largest absolute Gasteiger partial charge is 0.508 e. The number of benzene rings is 6. The van der Waals surface area contributed by atoms with Gasteiger partial charge in [-0.05, 0) is 101 Å². The SMILES string of the molecule is CCCC[C@H]1C(=O)N(C)CC(=O)N[C@@H](CC(=O)O)C(=O)N[C@@H](C(C)C)C(=O)N[C@@H](Cc2ccccc2C)C(=O)N[C@@H](Cc2ccc(O)cc2)C(=O)N(C)CC(=O)N[C@@H](Cc2c[nH]c3ccccc23)C(=O)N[C@@H](Cc2ccc(O)cc2)C(=O)N[C@@H](CC(C)C)C(=O)N[C@H](C(=O)NCC(N)=O)CSCC(=O)N[C@@H](Cc2ccccc2)C(=O)N(C)[C@@H](Cc2ccccc2)C(=O)N1C. The molecule has 1 aliphatic heterocycles. The fourth-order valence-corrected chi connectivity index (χ4v) is 15.7. The van der Waals surface area contributed by atoms with Gasteiger partial charge < -0.3 is 98.8 Å². The van der Waals surface area contributed by atoms with E-state index < -0.39 is 199 Å². The van der Waals surface area contributed by atoms with Crippen LogP contribution < -0.4 is 58.9 Å². The van der Waals surface area contributed by atoms with E-state index in [1.54, 1.807) is 150 Å². The Labute approximate surface area is 753 Å². The maximum atomic E-state index is 15.5. The first-order valence-electron chi connectivity index (χ1n) is 42.7. The van der Waals surface area contributed by atoms with Gasteiger partial charge in [0.15, 0.2) is 0 Å². The average Bonchev–Trinajstić information content (AvgIpc) is 1.71. The number of hydrogen-bond donors (Lipinski definition) is 15. The molecule has 35 nitrogen and oxygen atoms in total. The number of nitrogens with zero attached hydrogens (tertiary/aromatic N) is 4. The summed E-state index contributed by atoms with van der Waals surface area (Å²) in [5.74, 6) is -17.6. The van der Waals surface area contributed by atoms with E-state index >= 15 is 28.8 Å². The molecule has 0 bridgehead atoms. The Bertz CT molecular complexity index is 5100. The number of aryl methyl sites for hydroxylation is 1. The standard InChI is InChI=1S/C93H118N16O19S/c1-11-12-31-75-92(127)107(8)51-79(114)98-71(47-81(116)117)88(123)105-82(55(4)5)89(124)102-70(45-61-28-20-19-23-56(61)6)87(122)103-72(43-60-34-38-64(111)39-35-60)90(125)106(7)50-78(113)97-69(46-62-48-95-66-30-22-21-29-65(62)66)86(121)101-68(41-59-32-36-63(110)37-33-59)85(120)100-67(40-54(2)3)84(119)104-74(83(118)96-49-77(94)112)52-129-53-80(115)99-73(42-57-24-15-13-16-25-57)91(126)109(10)76(93(128)108(75)9)44-58-26-17-14-18-27-58/h13-30,32-39,48,54-55,67-76,82,95,110-111H,11-12,31,40-47,49-53H2,1-10H3,(H2,94,112)(H,96,118)(H,97,113)(H,98,114)(H,99,115)(H,100,120)(H,101,121)(H,102,124)(H,103,122)(H,104,119)(H,105,123)(H,116,117)/t67-,68-,69-,70-,71-,72-,73-,74-,75-,76-,82-/m0/s1. The molecule has 16 N–H and O–H groups in total. The highest BCUT2D eigenvalue weighted by atomic mass is 32.2. The lowest BCUT2D eigenvalue weighted by atomic mass is 9.97. The second-order valence-corrected chi connectivity index (χ2v) is 34.1. The van der Waals surface area contributed by atoms with Gasteiger partial charge in [0.25, 0.3) is 0 Å². The number of nitrogens with one attached hydrogen (secondary N) is 11. The van der Waals surface area contributed by atoms with Gasteiger partial charge in [-0.15, -0.1) is 11.8 Å². The van der Waals surface area contributed by atoms with Crippen molar-refractivity contribution in [2.45, 2.75) is 179 Å². The van der Waals surface area contributed by atoms with Crippen molar-refractivity contribution in [2.75, 3.05) is 59.3 Å². The van der Waals surface area contributed by atoms with Crippen LogP contribution in [0.3, 0.4) is 0 Å². The van der Waals surface area contributed by atoms with Gasteiger partial charge in [-0.2, -0.15) is 0 Å². The number of carboxylic acids is 1. The van der Waals surface area contributed by atoms with Crippen LogP contribution in [0, 0.1) is 18.8 Å². The summed E-state index contributed by atoms with van der Waals surface area (Å²) >= 11 is 0.829. The number of aromatic hydroxyl groups is 2. The molecule has 690 valence electrons. The molecule has 1 aliphatic rings. The lowest BCUT2D eigenvalue weighted by molar-refractivity contribution is -0.151. The lowest BCUT2D eigenvalue weighted by Gasteiger charge is -2.37. The quantitative estimate of drug-likeness (QED) is 0.0437. The number of carbonyl (C=O) groups is 16. The Kier molecular flexibility index (Phi) is 38.2. The van der Waals surface area contributed by atoms with E-state index in [1.165, 1.54) is 86.5 Å². The number of H-pyrrole nitrogens is 1. The molecular formula is C93H118N16O19S. The number of amides is 15. The van der Waals surface area contributed by atoms with Crippen molar-refractivity contribution in [3.63, 3.8) is 0 Å². The third-order valence-electron chi connectivity index (χ3n) is 22.0. The van der Waals surface area contributed by atoms with Crippen molar-refractivity contribution >= 4 is 117 Å². The number of para-hydroxylation sites is 1. The highest BCUT2D eigenvalue weighted by Crippen LogP contribution is 2.24. The van der Waals surface area contributed by atoms with Crippen molar-refractivity contribution in [1.29, 1.82) is 0 Å². The normalized spacial score (nSPS) is 21.8. The molecule has 2 heterocycles. The predicted octanol–water partition coefficient (Wildman–Crippen LogP) is 2.29. The van der Waals surface area contributed by atoms with Crippen LogP contribution >= 0.6 is 11.8 Å². The summed E-state index contributed by atoms with van der Waals surface area (Å²) in [6.45, 7) is 7.89. The molecule has 7 aromatic rings. The molecule has 0 aliphatic carbocycles. The van der Waals surface area contributed by atoms with Crippen LogP contribution in [0.4, 0.5) is 0 Å². The van der Waals surface area contributed by atoms with Crippen LogP contribution in [0.15, 0.2) is 164 Å². The number of aromatic amines is 1. The maximum absolute atomic E-state index is 15.5. The van der Waals surface area contributed by atoms with Crippen molar-refractivity contribution in [1.82, 2.24) is 77.8 Å². The van der Waals surface area contributed by atoms with Crippen molar-refractivity contribution in [3.8, 4) is 11.5 Å². The number of aliphatic carboxylic acids is 1. The summed E-state index contributed by atoms with van der Waals surface area (Å²) in [6, 6.07) is 25.6. The van der Waals surface area contributed by atoms with Crippen LogP contribution in [0.5, 0.6) is 11.5 Å². The van der Waals surface area contributed by atoms with Gasteiger partial charge in [0, 0.05) is 89.6 Å². The highest BCUT2D eigenvalue weighted by molar-refractivity contribution is 8.00. The number of hydrogen-bond acceptors (Lipinski definition) is 19. The molecule has 11 atom stereocenters. The Morgan fingerprint density at radius 3 is 1.50 bits per heavy atom. The molecule has 8 rings (SSSR count). The van der Waals surface area contributed by atoms with Crippen molar-refractivity contribution < 1.29 is 92.0 Å². The van der Waals surface area contributed by atoms with Gasteiger partial charge in [-0.3, -0.25) is 76.7 Å². The van der Waals surface area contributed by atoms with Crippen LogP contribution in [-0.2, 0) is 115 Å². The summed E-state index contributed by atoms with van der Waals surface area (Å²) in [4.78, 5) is 242. The summed E-state index contributed by atoms with van der Waals surface area (Å²) in [5.41, 5.74) is 9.81. The first-order valence-corrected chi connectivity index (χ1v) is 43.8. The van der Waals surface area contributed by atoms with Crippen molar-refractivity contribution in [3.05, 3.63) is 203 Å². The molecule has 0 spiro atoms. The molecule has 15 amide bonds. The smallest absolute Gasteiger partial charge is 0.305 e. The molecule has 129 heavy (non-hydrogen) atoms. The summed E-state index contributed by atoms with van der Waals surface area (Å²) in [7, 11) is 5.25. The molecule has 0 radical (unpaired) electrons. The summed E-state index contributed by atoms with van der Waals surface area (Å²) in [5, 5.41) is 58.2. The summed E-state index contributed by atoms with van der Waals surface area (Å²) in [6.07, 6.45) is 0.0598. The van der Waals surface area contributed by atoms with E-state index in [9.17, 15) is 63.3 Å². The van der Waals surface area contributed by atoms with Crippen LogP contribution in [0.2, 0.25) is 0 Å². The number of aromatic nitrogens is 1. The number of carboxylic acid groups (broad SMARTS) is 1. The number of primary amides is 1. The van der Waals surface area contributed by atoms with Gasteiger partial charge in [-0.25, -0.2) is 0 Å². The van der Waals surface area contributed by atoms with E-state index in [0.717, 1.165) is 21.6 Å². The summed E-state index contributed by atoms with van der Waals surface area (Å²) < 4.78 is 0. The molecular weight excluding hydrogens is 1680 g/mol. The number of fused-ring (bicyclic) bond motifs is 1. The highest BCUT2D eigenvalue weighted by Gasteiger charge is 2.42. The Balaban J connectivity index is 1.21. The minimum Gasteiger partial charge on any atom is -0.508 e. The second-order valence-electron chi connectivity index (χ2n) is 33.1. The minimum atomic E-state index is -1.91. The molecule has 36 heteroatoms. The Hall–Kier alpha value is -13.7. The number of nitrogens with two attached hydrogens (primary N) is 1. The molecule has 0 unspecified atom stereocenters. The van der Waals surface area contributed by atoms with Gasteiger partial charge >= 0.3 is 5.97 Å². The first-order chi connectivity index (χ1) is 61.4. The van der Waals surface area contributed by atoms with E-state index in [4.69, 9.17) is 5.73 Å². The van der Waals surface area contributed by atoms with Crippen LogP contribution in [0.25, 0.3) is 10.9 Å². The fraction of sp³-hybridized carbons (Fsp3) is 0.419. The van der Waals surface area contributed by atoms with Crippen LogP contribution in [-0.4, -0.2) is 260 Å². The number of rotatable bonds is 23. The number of phenols is 2. The number of thioether (sulfide) groups is 1. The minimum absolute atomic E-state index is 0.0291. The topological polar surface area (TPSA) is 509 Å². The molecule has 0 saturated carbocycles. The van der Waals surface area contributed by atoms with Crippen molar-refractivity contribution in [2.24, 2.45) is 17.6 Å². The molecule has 1 fully saturated rings. The zero-order valence-corrected chi connectivity index (χ0v) is 74.9. The third-order valence-corrected chi connectivity index (χ3v) is 23.0. The van der Waals surface area contributed by atoms with E-state index in [0.29, 0.717) is 62.7 Å². The monoisotopic (exact) mass is 1790 g/mol. The molecule has 6 aromatic carbocycles. The third kappa shape index (κ3) is 30.8. The van der Waals surface area contributed by atoms with E-state index in [1.807, 2.05) is 6.92 Å². The zero-order valence-electron chi connectivity index (χ0n) is 74.1. The van der Waals surface area contributed by atoms with Gasteiger partial charge in [0.05, 0.1) is 31.8 Å². The predicted molar refractivity (Wildman–Crippen MR) is 482 cm³/mol. The number of unbranched alkanes of at least 4 members (excludes halogenated alkanes) is 1. The Morgan fingerprint density at radius 2 is 0.930 bits per heavy atom. The fourth-order valence-electron chi connectivity index (χ4n) is 14.9. The Morgan fingerprint density at radius 1 is 0.473 bits per heavy atom. The maximum Gasteiger partial charge on any atom is 0.305 e. The number of phenolic OH excluding ortho intramolecular Hbond substituents is 2.